The Morgan fingerprint density at radius 2 is 1.71 bits per heavy atom. The third-order valence-electron chi connectivity index (χ3n) is 3.75. The molecule has 4 nitrogen and oxygen atoms in total. The van der Waals surface area contributed by atoms with Crippen LogP contribution in [0.25, 0.3) is 0 Å². The van der Waals surface area contributed by atoms with Crippen molar-refractivity contribution in [2.45, 2.75) is 39.8 Å². The summed E-state index contributed by atoms with van der Waals surface area (Å²) in [6.07, 6.45) is 0. The zero-order valence-electron chi connectivity index (χ0n) is 13.2. The average Bonchev–Trinajstić information content (AvgIpc) is 2.42. The van der Waals surface area contributed by atoms with E-state index >= 15 is 0 Å². The zero-order chi connectivity index (χ0) is 15.6. The van der Waals surface area contributed by atoms with Crippen LogP contribution >= 0.6 is 0 Å². The van der Waals surface area contributed by atoms with Gasteiger partial charge in [-0.3, -0.25) is 9.59 Å². The highest BCUT2D eigenvalue weighted by molar-refractivity contribution is 5.97. The number of hydrogen-bond acceptors (Lipinski definition) is 2. The molecule has 2 atom stereocenters. The molecule has 0 saturated carbocycles. The van der Waals surface area contributed by atoms with E-state index < -0.39 is 6.04 Å². The van der Waals surface area contributed by atoms with Gasteiger partial charge in [0.05, 0.1) is 0 Å². The highest BCUT2D eigenvalue weighted by Crippen LogP contribution is 2.26. The Morgan fingerprint density at radius 1 is 1.10 bits per heavy atom. The van der Waals surface area contributed by atoms with Crippen molar-refractivity contribution in [3.05, 3.63) is 35.9 Å². The molecule has 4 heteroatoms. The summed E-state index contributed by atoms with van der Waals surface area (Å²) in [7, 11) is 0. The molecule has 0 spiro atoms. The number of carbonyl (C=O) groups excluding carboxylic acids is 2. The van der Waals surface area contributed by atoms with E-state index in [4.69, 9.17) is 0 Å². The van der Waals surface area contributed by atoms with Gasteiger partial charge in [0.25, 0.3) is 5.91 Å². The van der Waals surface area contributed by atoms with Gasteiger partial charge in [-0.25, -0.2) is 0 Å². The number of hydrogen-bond donors (Lipinski definition) is 1. The molecule has 1 fully saturated rings. The number of amides is 2. The molecule has 114 valence electrons. The van der Waals surface area contributed by atoms with Gasteiger partial charge in [0.1, 0.15) is 12.1 Å². The molecule has 1 N–H and O–H groups in total. The van der Waals surface area contributed by atoms with Crippen LogP contribution in [0.1, 0.15) is 39.3 Å². The van der Waals surface area contributed by atoms with E-state index in [-0.39, 0.29) is 23.8 Å². The second-order valence-electron chi connectivity index (χ2n) is 6.43. The molecule has 2 rings (SSSR count). The van der Waals surface area contributed by atoms with Crippen molar-refractivity contribution in [2.24, 2.45) is 11.8 Å². The van der Waals surface area contributed by atoms with Crippen molar-refractivity contribution in [3.8, 4) is 0 Å². The number of nitrogens with one attached hydrogen (secondary N) is 1. The fourth-order valence-corrected chi connectivity index (χ4v) is 2.86. The van der Waals surface area contributed by atoms with E-state index in [2.05, 4.69) is 19.2 Å². The number of rotatable bonds is 4. The first kappa shape index (κ1) is 15.5. The lowest BCUT2D eigenvalue weighted by atomic mass is 9.93. The van der Waals surface area contributed by atoms with Gasteiger partial charge in [-0.1, -0.05) is 58.0 Å². The molecule has 0 aromatic heterocycles. The summed E-state index contributed by atoms with van der Waals surface area (Å²) in [5, 5.41) is 2.89. The highest BCUT2D eigenvalue weighted by Gasteiger charge is 2.42. The maximum absolute atomic E-state index is 12.8. The topological polar surface area (TPSA) is 49.4 Å². The second-order valence-corrected chi connectivity index (χ2v) is 6.43. The molecule has 0 aliphatic carbocycles. The van der Waals surface area contributed by atoms with E-state index in [0.29, 0.717) is 12.5 Å². The second kappa shape index (κ2) is 6.29. The van der Waals surface area contributed by atoms with Gasteiger partial charge in [-0.05, 0) is 17.4 Å². The Balaban J connectivity index is 2.33. The number of nitrogens with zero attached hydrogens (tertiary/aromatic N) is 1. The van der Waals surface area contributed by atoms with Gasteiger partial charge in [-0.15, -0.1) is 0 Å². The van der Waals surface area contributed by atoms with Crippen molar-refractivity contribution < 1.29 is 9.59 Å². The largest absolute Gasteiger partial charge is 0.339 e. The molecule has 21 heavy (non-hydrogen) atoms. The lowest BCUT2D eigenvalue weighted by Crippen LogP contribution is -2.62. The lowest BCUT2D eigenvalue weighted by molar-refractivity contribution is -0.152. The molecule has 1 aromatic rings. The molecule has 1 heterocycles. The summed E-state index contributed by atoms with van der Waals surface area (Å²) in [4.78, 5) is 27.0. The van der Waals surface area contributed by atoms with Crippen molar-refractivity contribution in [3.63, 3.8) is 0 Å². The normalized spacial score (nSPS) is 22.9. The van der Waals surface area contributed by atoms with Gasteiger partial charge in [-0.2, -0.15) is 0 Å². The quantitative estimate of drug-likeness (QED) is 0.924. The van der Waals surface area contributed by atoms with E-state index in [9.17, 15) is 9.59 Å². The molecule has 0 bridgehead atoms. The average molecular weight is 288 g/mol. The van der Waals surface area contributed by atoms with Crippen molar-refractivity contribution in [2.75, 3.05) is 6.54 Å². The van der Waals surface area contributed by atoms with Crippen LogP contribution < -0.4 is 5.32 Å². The van der Waals surface area contributed by atoms with Crippen LogP contribution in [0, 0.1) is 11.8 Å². The smallest absolute Gasteiger partial charge is 0.250 e. The summed E-state index contributed by atoms with van der Waals surface area (Å²) in [5.41, 5.74) is 0.840. The Labute approximate surface area is 126 Å². The number of piperazine rings is 1. The van der Waals surface area contributed by atoms with Crippen LogP contribution in [0.15, 0.2) is 30.3 Å². The predicted molar refractivity (Wildman–Crippen MR) is 82.5 cm³/mol. The molecule has 1 aliphatic heterocycles. The van der Waals surface area contributed by atoms with Crippen molar-refractivity contribution in [1.29, 1.82) is 0 Å². The molecule has 1 aliphatic rings. The molecule has 0 radical (unpaired) electrons. The Morgan fingerprint density at radius 3 is 2.24 bits per heavy atom. The molecule has 1 aromatic carbocycles. The third kappa shape index (κ3) is 3.26. The van der Waals surface area contributed by atoms with E-state index in [1.165, 1.54) is 0 Å². The van der Waals surface area contributed by atoms with E-state index in [1.807, 2.05) is 44.2 Å². The Kier molecular flexibility index (Phi) is 4.66. The van der Waals surface area contributed by atoms with Crippen LogP contribution in [0.2, 0.25) is 0 Å². The standard InChI is InChI=1S/C17H24N2O2/c1-11(2)10-19-15(12(3)4)16(20)18-14(17(19)21)13-8-6-5-7-9-13/h5-9,11-12,14-15H,10H2,1-4H3,(H,18,20). The van der Waals surface area contributed by atoms with Gasteiger partial charge in [0.2, 0.25) is 5.91 Å². The summed E-state index contributed by atoms with van der Waals surface area (Å²) in [6, 6.07) is 8.50. The van der Waals surface area contributed by atoms with Crippen LogP contribution in [0.4, 0.5) is 0 Å². The van der Waals surface area contributed by atoms with Crippen LogP contribution in [0.3, 0.4) is 0 Å². The molecule has 1 saturated heterocycles. The maximum atomic E-state index is 12.8. The van der Waals surface area contributed by atoms with Crippen LogP contribution in [-0.2, 0) is 9.59 Å². The summed E-state index contributed by atoms with van der Waals surface area (Å²) < 4.78 is 0. The number of benzene rings is 1. The van der Waals surface area contributed by atoms with Gasteiger partial charge in [0.15, 0.2) is 0 Å². The maximum Gasteiger partial charge on any atom is 0.250 e. The van der Waals surface area contributed by atoms with Crippen LogP contribution in [-0.4, -0.2) is 29.3 Å². The van der Waals surface area contributed by atoms with Crippen molar-refractivity contribution >= 4 is 11.8 Å². The van der Waals surface area contributed by atoms with Gasteiger partial charge >= 0.3 is 0 Å². The first-order valence-corrected chi connectivity index (χ1v) is 7.57. The fraction of sp³-hybridized carbons (Fsp3) is 0.529. The highest BCUT2D eigenvalue weighted by atomic mass is 16.2. The minimum Gasteiger partial charge on any atom is -0.339 e. The minimum atomic E-state index is -0.563. The Bertz CT molecular complexity index is 511. The van der Waals surface area contributed by atoms with Gasteiger partial charge in [0, 0.05) is 6.54 Å². The van der Waals surface area contributed by atoms with Crippen molar-refractivity contribution in [1.82, 2.24) is 10.2 Å². The molecule has 2 amide bonds. The Hall–Kier alpha value is -1.84. The monoisotopic (exact) mass is 288 g/mol. The van der Waals surface area contributed by atoms with E-state index in [0.717, 1.165) is 5.56 Å². The minimum absolute atomic E-state index is 0.00630. The first-order valence-electron chi connectivity index (χ1n) is 7.57. The van der Waals surface area contributed by atoms with Crippen LogP contribution in [0.5, 0.6) is 0 Å². The number of carbonyl (C=O) groups is 2. The van der Waals surface area contributed by atoms with Gasteiger partial charge < -0.3 is 10.2 Å². The predicted octanol–water partition coefficient (Wildman–Crippen LogP) is 2.37. The molecular formula is C17H24N2O2. The fourth-order valence-electron chi connectivity index (χ4n) is 2.86. The zero-order valence-corrected chi connectivity index (χ0v) is 13.2. The molecular weight excluding hydrogens is 264 g/mol. The first-order chi connectivity index (χ1) is 9.91. The summed E-state index contributed by atoms with van der Waals surface area (Å²) in [6.45, 7) is 8.70. The molecule has 2 unspecified atom stereocenters. The SMILES string of the molecule is CC(C)CN1C(=O)C(c2ccccc2)NC(=O)C1C(C)C. The van der Waals surface area contributed by atoms with E-state index in [1.54, 1.807) is 4.90 Å². The lowest BCUT2D eigenvalue weighted by Gasteiger charge is -2.41. The summed E-state index contributed by atoms with van der Waals surface area (Å²) in [5.74, 6) is 0.370. The summed E-state index contributed by atoms with van der Waals surface area (Å²) >= 11 is 0. The third-order valence-corrected chi connectivity index (χ3v) is 3.75.